The Morgan fingerprint density at radius 2 is 1.71 bits per heavy atom. The molecule has 0 saturated heterocycles. The quantitative estimate of drug-likeness (QED) is 0.725. The van der Waals surface area contributed by atoms with Crippen LogP contribution in [0.15, 0.2) is 36.4 Å². The lowest BCUT2D eigenvalue weighted by Crippen LogP contribution is -2.28. The number of Topliss-reactive ketones (excluding diaryl/α,β-unsaturated/α-hetero) is 1. The molecule has 0 saturated carbocycles. The molecule has 0 aromatic heterocycles. The average molecular weight is 325 g/mol. The Hall–Kier alpha value is -2.16. The van der Waals surface area contributed by atoms with Crippen LogP contribution in [-0.2, 0) is 9.59 Å². The van der Waals surface area contributed by atoms with Gasteiger partial charge in [-0.15, -0.1) is 0 Å². The highest BCUT2D eigenvalue weighted by Gasteiger charge is 2.14. The molecule has 1 N–H and O–H groups in total. The number of aryl methyl sites for hydroxylation is 1. The van der Waals surface area contributed by atoms with E-state index >= 15 is 0 Å². The van der Waals surface area contributed by atoms with Gasteiger partial charge in [-0.05, 0) is 49.9 Å². The standard InChI is InChI=1S/C21H27NO2/c1-15-8-9-20-14-18(10-11-19(20)13-15)17(3)21(24)22-12-6-4-5-7-16(2)23/h8-11,13-14,17H,4-7,12H2,1-3H3,(H,22,24)/t17-/m0/s1. The van der Waals surface area contributed by atoms with Crippen molar-refractivity contribution >= 4 is 22.5 Å². The van der Waals surface area contributed by atoms with Gasteiger partial charge in [0.15, 0.2) is 0 Å². The van der Waals surface area contributed by atoms with Crippen molar-refractivity contribution in [3.63, 3.8) is 0 Å². The predicted octanol–water partition coefficient (Wildman–Crippen LogP) is 4.52. The van der Waals surface area contributed by atoms with Crippen molar-refractivity contribution < 1.29 is 9.59 Å². The highest BCUT2D eigenvalue weighted by Crippen LogP contribution is 2.22. The van der Waals surface area contributed by atoms with Gasteiger partial charge in [-0.1, -0.05) is 48.4 Å². The number of ketones is 1. The molecule has 0 bridgehead atoms. The van der Waals surface area contributed by atoms with Crippen molar-refractivity contribution in [3.8, 4) is 0 Å². The molecule has 0 fully saturated rings. The van der Waals surface area contributed by atoms with Crippen LogP contribution in [0.3, 0.4) is 0 Å². The maximum Gasteiger partial charge on any atom is 0.227 e. The topological polar surface area (TPSA) is 46.2 Å². The molecule has 128 valence electrons. The molecule has 3 nitrogen and oxygen atoms in total. The molecule has 1 amide bonds. The van der Waals surface area contributed by atoms with Crippen LogP contribution in [0.25, 0.3) is 10.8 Å². The maximum atomic E-state index is 12.3. The lowest BCUT2D eigenvalue weighted by molar-refractivity contribution is -0.122. The second-order valence-corrected chi connectivity index (χ2v) is 6.64. The number of carbonyl (C=O) groups is 2. The van der Waals surface area contributed by atoms with Gasteiger partial charge in [0.1, 0.15) is 5.78 Å². The monoisotopic (exact) mass is 325 g/mol. The van der Waals surface area contributed by atoms with E-state index in [9.17, 15) is 9.59 Å². The Kier molecular flexibility index (Phi) is 6.53. The van der Waals surface area contributed by atoms with Crippen molar-refractivity contribution in [2.45, 2.75) is 52.4 Å². The molecule has 0 spiro atoms. The first-order valence-corrected chi connectivity index (χ1v) is 8.75. The van der Waals surface area contributed by atoms with Crippen LogP contribution in [0.1, 0.15) is 56.6 Å². The maximum absolute atomic E-state index is 12.3. The average Bonchev–Trinajstić information content (AvgIpc) is 2.56. The Bertz CT molecular complexity index is 721. The van der Waals surface area contributed by atoms with Crippen molar-refractivity contribution in [3.05, 3.63) is 47.5 Å². The Morgan fingerprint density at radius 3 is 2.46 bits per heavy atom. The van der Waals surface area contributed by atoms with Gasteiger partial charge >= 0.3 is 0 Å². The number of fused-ring (bicyclic) bond motifs is 1. The minimum Gasteiger partial charge on any atom is -0.356 e. The zero-order valence-corrected chi connectivity index (χ0v) is 14.9. The molecular formula is C21H27NO2. The van der Waals surface area contributed by atoms with Crippen LogP contribution >= 0.6 is 0 Å². The van der Waals surface area contributed by atoms with E-state index in [0.29, 0.717) is 13.0 Å². The highest BCUT2D eigenvalue weighted by atomic mass is 16.1. The second kappa shape index (κ2) is 8.62. The molecule has 2 aromatic rings. The highest BCUT2D eigenvalue weighted by molar-refractivity contribution is 5.88. The van der Waals surface area contributed by atoms with Gasteiger partial charge in [-0.3, -0.25) is 4.79 Å². The van der Waals surface area contributed by atoms with E-state index in [1.165, 1.54) is 16.3 Å². The van der Waals surface area contributed by atoms with E-state index in [1.54, 1.807) is 6.92 Å². The normalized spacial score (nSPS) is 12.1. The fourth-order valence-corrected chi connectivity index (χ4v) is 2.84. The smallest absolute Gasteiger partial charge is 0.227 e. The Balaban J connectivity index is 1.86. The summed E-state index contributed by atoms with van der Waals surface area (Å²) in [5.74, 6) is 0.139. The third-order valence-corrected chi connectivity index (χ3v) is 4.42. The summed E-state index contributed by atoms with van der Waals surface area (Å²) in [7, 11) is 0. The lowest BCUT2D eigenvalue weighted by Gasteiger charge is -2.13. The second-order valence-electron chi connectivity index (χ2n) is 6.64. The first kappa shape index (κ1) is 18.2. The van der Waals surface area contributed by atoms with Crippen molar-refractivity contribution in [2.24, 2.45) is 0 Å². The number of hydrogen-bond donors (Lipinski definition) is 1. The summed E-state index contributed by atoms with van der Waals surface area (Å²) in [5.41, 5.74) is 2.28. The largest absolute Gasteiger partial charge is 0.356 e. The van der Waals surface area contributed by atoms with E-state index in [0.717, 1.165) is 24.8 Å². The van der Waals surface area contributed by atoms with Crippen molar-refractivity contribution in [2.75, 3.05) is 6.54 Å². The van der Waals surface area contributed by atoms with Crippen LogP contribution < -0.4 is 5.32 Å². The third-order valence-electron chi connectivity index (χ3n) is 4.42. The summed E-state index contributed by atoms with van der Waals surface area (Å²) < 4.78 is 0. The molecule has 2 aromatic carbocycles. The summed E-state index contributed by atoms with van der Waals surface area (Å²) in [6.45, 7) is 6.32. The number of amides is 1. The number of hydrogen-bond acceptors (Lipinski definition) is 2. The number of nitrogens with one attached hydrogen (secondary N) is 1. The zero-order chi connectivity index (χ0) is 17.5. The van der Waals surface area contributed by atoms with Crippen LogP contribution in [0.2, 0.25) is 0 Å². The van der Waals surface area contributed by atoms with E-state index in [1.807, 2.05) is 13.0 Å². The van der Waals surface area contributed by atoms with Gasteiger partial charge < -0.3 is 10.1 Å². The summed E-state index contributed by atoms with van der Waals surface area (Å²) in [4.78, 5) is 23.2. The molecule has 0 aliphatic rings. The van der Waals surface area contributed by atoms with Crippen molar-refractivity contribution in [1.82, 2.24) is 5.32 Å². The first-order valence-electron chi connectivity index (χ1n) is 8.75. The fraction of sp³-hybridized carbons (Fsp3) is 0.429. The molecule has 2 rings (SSSR count). The minimum atomic E-state index is -0.159. The van der Waals surface area contributed by atoms with E-state index in [2.05, 4.69) is 42.6 Å². The Labute approximate surface area is 144 Å². The van der Waals surface area contributed by atoms with Crippen LogP contribution in [-0.4, -0.2) is 18.2 Å². The van der Waals surface area contributed by atoms with Gasteiger partial charge in [0.05, 0.1) is 5.92 Å². The molecule has 0 heterocycles. The summed E-state index contributed by atoms with van der Waals surface area (Å²) in [6.07, 6.45) is 3.44. The molecule has 3 heteroatoms. The Morgan fingerprint density at radius 1 is 1.00 bits per heavy atom. The molecule has 0 radical (unpaired) electrons. The first-order chi connectivity index (χ1) is 11.5. The van der Waals surface area contributed by atoms with E-state index in [-0.39, 0.29) is 17.6 Å². The SMILES string of the molecule is CC(=O)CCCCCNC(=O)[C@@H](C)c1ccc2cc(C)ccc2c1. The summed E-state index contributed by atoms with van der Waals surface area (Å²) in [5, 5.41) is 5.38. The molecule has 0 aliphatic heterocycles. The van der Waals surface area contributed by atoms with Crippen LogP contribution in [0.5, 0.6) is 0 Å². The number of benzene rings is 2. The van der Waals surface area contributed by atoms with Gasteiger partial charge in [0, 0.05) is 13.0 Å². The molecule has 1 atom stereocenters. The molecule has 0 unspecified atom stereocenters. The van der Waals surface area contributed by atoms with Crippen LogP contribution in [0.4, 0.5) is 0 Å². The van der Waals surface area contributed by atoms with Gasteiger partial charge in [0.25, 0.3) is 0 Å². The van der Waals surface area contributed by atoms with E-state index < -0.39 is 0 Å². The van der Waals surface area contributed by atoms with Crippen molar-refractivity contribution in [1.29, 1.82) is 0 Å². The summed E-state index contributed by atoms with van der Waals surface area (Å²) in [6, 6.07) is 12.6. The summed E-state index contributed by atoms with van der Waals surface area (Å²) >= 11 is 0. The van der Waals surface area contributed by atoms with E-state index in [4.69, 9.17) is 0 Å². The van der Waals surface area contributed by atoms with Gasteiger partial charge in [-0.25, -0.2) is 0 Å². The molecule has 24 heavy (non-hydrogen) atoms. The number of carbonyl (C=O) groups excluding carboxylic acids is 2. The van der Waals surface area contributed by atoms with Crippen LogP contribution in [0, 0.1) is 6.92 Å². The predicted molar refractivity (Wildman–Crippen MR) is 99.3 cm³/mol. The molecule has 0 aliphatic carbocycles. The number of unbranched alkanes of at least 4 members (excludes halogenated alkanes) is 2. The third kappa shape index (κ3) is 5.19. The minimum absolute atomic E-state index is 0.0630. The molecular weight excluding hydrogens is 298 g/mol. The van der Waals surface area contributed by atoms with Gasteiger partial charge in [0.2, 0.25) is 5.91 Å². The number of rotatable bonds is 8. The zero-order valence-electron chi connectivity index (χ0n) is 14.9. The fourth-order valence-electron chi connectivity index (χ4n) is 2.84. The lowest BCUT2D eigenvalue weighted by atomic mass is 9.96. The van der Waals surface area contributed by atoms with Gasteiger partial charge in [-0.2, -0.15) is 0 Å².